The van der Waals surface area contributed by atoms with Crippen molar-refractivity contribution in [2.45, 2.75) is 0 Å². The summed E-state index contributed by atoms with van der Waals surface area (Å²) < 4.78 is 2.47. The van der Waals surface area contributed by atoms with Crippen LogP contribution in [0.3, 0.4) is 0 Å². The largest absolute Gasteiger partial charge is 0.309 e. The molecule has 2 heterocycles. The van der Waals surface area contributed by atoms with Gasteiger partial charge in [0.2, 0.25) is 0 Å². The summed E-state index contributed by atoms with van der Waals surface area (Å²) in [5, 5.41) is 10.7. The van der Waals surface area contributed by atoms with Gasteiger partial charge in [-0.15, -0.1) is 0 Å². The normalized spacial score (nSPS) is 11.7. The van der Waals surface area contributed by atoms with Gasteiger partial charge in [0.1, 0.15) is 0 Å². The first-order chi connectivity index (χ1) is 32.2. The van der Waals surface area contributed by atoms with Crippen LogP contribution in [0.1, 0.15) is 0 Å². The minimum absolute atomic E-state index is 0.705. The van der Waals surface area contributed by atoms with E-state index in [0.717, 1.165) is 49.7 Å². The van der Waals surface area contributed by atoms with Crippen molar-refractivity contribution in [3.05, 3.63) is 237 Å². The van der Waals surface area contributed by atoms with Crippen LogP contribution >= 0.6 is 0 Å². The molecule has 302 valence electrons. The number of aromatic nitrogens is 3. The van der Waals surface area contributed by atoms with E-state index in [0.29, 0.717) is 5.82 Å². The molecule has 0 atom stereocenters. The minimum Gasteiger partial charge on any atom is -0.309 e. The fraction of sp³-hybridized carbons (Fsp3) is 0. The van der Waals surface area contributed by atoms with Crippen LogP contribution in [-0.4, -0.2) is 14.5 Å². The summed E-state index contributed by atoms with van der Waals surface area (Å²) in [5.74, 6) is 0.705. The third-order valence-corrected chi connectivity index (χ3v) is 13.2. The molecule has 3 nitrogen and oxygen atoms in total. The number of rotatable bonds is 6. The Bertz CT molecular complexity index is 4000. The minimum atomic E-state index is 0.705. The number of hydrogen-bond acceptors (Lipinski definition) is 2. The Morgan fingerprint density at radius 1 is 0.292 bits per heavy atom. The molecular weight excluding hydrogens is 787 g/mol. The number of hydrogen-bond donors (Lipinski definition) is 0. The molecule has 11 aromatic carbocycles. The van der Waals surface area contributed by atoms with Gasteiger partial charge in [0.05, 0.1) is 27.9 Å². The molecular formula is C62H39N3. The summed E-state index contributed by atoms with van der Waals surface area (Å²) in [6, 6.07) is 85.3. The van der Waals surface area contributed by atoms with Gasteiger partial charge in [0, 0.05) is 32.7 Å². The van der Waals surface area contributed by atoms with Crippen molar-refractivity contribution in [3.63, 3.8) is 0 Å². The van der Waals surface area contributed by atoms with Gasteiger partial charge in [-0.1, -0.05) is 188 Å². The third kappa shape index (κ3) is 6.12. The van der Waals surface area contributed by atoms with Gasteiger partial charge >= 0.3 is 0 Å². The molecule has 65 heavy (non-hydrogen) atoms. The zero-order valence-corrected chi connectivity index (χ0v) is 35.4. The van der Waals surface area contributed by atoms with E-state index < -0.39 is 0 Å². The smallest absolute Gasteiger partial charge is 0.161 e. The lowest BCUT2D eigenvalue weighted by molar-refractivity contribution is 1.19. The molecule has 0 aliphatic rings. The molecule has 0 aliphatic heterocycles. The SMILES string of the molecule is c1ccc(-c2cccc(-c3ccc4c(ccc5c4c4c6ccccc6ccc4n5-c4ccc(-c5nc(-c6cccc(-c7ccccc7)c6)c6ccccc6n5)c5ccccc45)c3)c2)cc1. The van der Waals surface area contributed by atoms with E-state index in [1.807, 2.05) is 0 Å². The molecule has 0 saturated carbocycles. The molecule has 2 aromatic heterocycles. The van der Waals surface area contributed by atoms with Gasteiger partial charge in [0.25, 0.3) is 0 Å². The van der Waals surface area contributed by atoms with Crippen molar-refractivity contribution in [1.82, 2.24) is 14.5 Å². The standard InChI is InChI=1S/C62H39N3/c1-3-15-40(16-4-1)43-20-13-22-45(37-43)46-29-32-50-47(38-46)31-35-58-60(50)59-49-24-8-7-19-42(49)30-34-57(59)65(58)56-36-33-53(51-25-9-10-26-52(51)56)62-63-55-28-12-11-27-54(55)61(64-62)48-23-14-21-44(39-48)41-17-5-2-6-18-41/h1-39H. The first kappa shape index (κ1) is 36.9. The highest BCUT2D eigenvalue weighted by atomic mass is 15.0. The fourth-order valence-electron chi connectivity index (χ4n) is 10.1. The highest BCUT2D eigenvalue weighted by molar-refractivity contribution is 6.29. The lowest BCUT2D eigenvalue weighted by atomic mass is 9.95. The lowest BCUT2D eigenvalue weighted by Crippen LogP contribution is -1.99. The van der Waals surface area contributed by atoms with Crippen LogP contribution in [0.25, 0.3) is 127 Å². The van der Waals surface area contributed by atoms with Gasteiger partial charge in [0.15, 0.2) is 5.82 Å². The van der Waals surface area contributed by atoms with Crippen molar-refractivity contribution in [1.29, 1.82) is 0 Å². The molecule has 3 heteroatoms. The average Bonchev–Trinajstić information content (AvgIpc) is 3.73. The lowest BCUT2D eigenvalue weighted by Gasteiger charge is -2.16. The van der Waals surface area contributed by atoms with Crippen LogP contribution < -0.4 is 0 Å². The van der Waals surface area contributed by atoms with E-state index in [1.165, 1.54) is 71.2 Å². The first-order valence-electron chi connectivity index (χ1n) is 22.2. The Hall–Kier alpha value is -8.66. The monoisotopic (exact) mass is 825 g/mol. The van der Waals surface area contributed by atoms with E-state index in [4.69, 9.17) is 9.97 Å². The van der Waals surface area contributed by atoms with E-state index in [-0.39, 0.29) is 0 Å². The Morgan fingerprint density at radius 2 is 0.815 bits per heavy atom. The van der Waals surface area contributed by atoms with Gasteiger partial charge in [-0.3, -0.25) is 0 Å². The summed E-state index contributed by atoms with van der Waals surface area (Å²) in [6.45, 7) is 0. The molecule has 0 spiro atoms. The molecule has 0 bridgehead atoms. The zero-order valence-electron chi connectivity index (χ0n) is 35.4. The molecule has 0 fully saturated rings. The Morgan fingerprint density at radius 3 is 1.54 bits per heavy atom. The second-order valence-electron chi connectivity index (χ2n) is 16.9. The second kappa shape index (κ2) is 15.0. The maximum Gasteiger partial charge on any atom is 0.161 e. The van der Waals surface area contributed by atoms with Gasteiger partial charge < -0.3 is 4.57 Å². The van der Waals surface area contributed by atoms with Crippen molar-refractivity contribution in [2.24, 2.45) is 0 Å². The first-order valence-corrected chi connectivity index (χ1v) is 22.2. The maximum atomic E-state index is 5.42. The topological polar surface area (TPSA) is 30.7 Å². The predicted molar refractivity (Wildman–Crippen MR) is 274 cm³/mol. The quantitative estimate of drug-likeness (QED) is 0.167. The summed E-state index contributed by atoms with van der Waals surface area (Å²) in [6.07, 6.45) is 0. The summed E-state index contributed by atoms with van der Waals surface area (Å²) >= 11 is 0. The maximum absolute atomic E-state index is 5.42. The van der Waals surface area contributed by atoms with Gasteiger partial charge in [-0.05, 0) is 109 Å². The van der Waals surface area contributed by atoms with E-state index >= 15 is 0 Å². The van der Waals surface area contributed by atoms with Crippen LogP contribution in [0.5, 0.6) is 0 Å². The summed E-state index contributed by atoms with van der Waals surface area (Å²) in [4.78, 5) is 10.7. The highest BCUT2D eigenvalue weighted by Gasteiger charge is 2.21. The highest BCUT2D eigenvalue weighted by Crippen LogP contribution is 2.44. The fourth-order valence-corrected chi connectivity index (χ4v) is 10.1. The van der Waals surface area contributed by atoms with Crippen molar-refractivity contribution < 1.29 is 0 Å². The molecule has 0 N–H and O–H groups in total. The van der Waals surface area contributed by atoms with Crippen LogP contribution in [0.4, 0.5) is 0 Å². The van der Waals surface area contributed by atoms with Crippen LogP contribution in [0, 0.1) is 0 Å². The molecule has 0 aliphatic carbocycles. The van der Waals surface area contributed by atoms with Gasteiger partial charge in [-0.2, -0.15) is 0 Å². The van der Waals surface area contributed by atoms with Crippen molar-refractivity contribution in [3.8, 4) is 61.7 Å². The Balaban J connectivity index is 1.01. The Kier molecular flexibility index (Phi) is 8.53. The third-order valence-electron chi connectivity index (χ3n) is 13.2. The van der Waals surface area contributed by atoms with Crippen molar-refractivity contribution in [2.75, 3.05) is 0 Å². The average molecular weight is 826 g/mol. The van der Waals surface area contributed by atoms with Gasteiger partial charge in [-0.25, -0.2) is 9.97 Å². The number of fused-ring (bicyclic) bond motifs is 9. The molecule has 0 amide bonds. The van der Waals surface area contributed by atoms with Crippen LogP contribution in [0.2, 0.25) is 0 Å². The van der Waals surface area contributed by atoms with Crippen LogP contribution in [0.15, 0.2) is 237 Å². The molecule has 13 aromatic rings. The molecule has 0 unspecified atom stereocenters. The van der Waals surface area contributed by atoms with Crippen molar-refractivity contribution >= 4 is 65.0 Å². The number of para-hydroxylation sites is 1. The van der Waals surface area contributed by atoms with E-state index in [9.17, 15) is 0 Å². The predicted octanol–water partition coefficient (Wildman–Crippen LogP) is 16.5. The second-order valence-corrected chi connectivity index (χ2v) is 16.9. The zero-order chi connectivity index (χ0) is 42.8. The molecule has 0 saturated heterocycles. The van der Waals surface area contributed by atoms with E-state index in [1.54, 1.807) is 0 Å². The number of benzene rings is 11. The van der Waals surface area contributed by atoms with Crippen LogP contribution in [-0.2, 0) is 0 Å². The summed E-state index contributed by atoms with van der Waals surface area (Å²) in [7, 11) is 0. The molecule has 13 rings (SSSR count). The van der Waals surface area contributed by atoms with E-state index in [2.05, 4.69) is 241 Å². The molecule has 0 radical (unpaired) electrons. The Labute approximate surface area is 376 Å². The summed E-state index contributed by atoms with van der Waals surface area (Å²) in [5.41, 5.74) is 14.5. The number of nitrogens with zero attached hydrogens (tertiary/aromatic N) is 3.